The van der Waals surface area contributed by atoms with Crippen molar-refractivity contribution in [2.24, 2.45) is 10.9 Å². The highest BCUT2D eigenvalue weighted by Gasteiger charge is 2.51. The van der Waals surface area contributed by atoms with Crippen molar-refractivity contribution in [3.63, 3.8) is 0 Å². The van der Waals surface area contributed by atoms with Gasteiger partial charge in [-0.2, -0.15) is 8.78 Å². The number of nitrogens with one attached hydrogen (secondary N) is 1. The van der Waals surface area contributed by atoms with Gasteiger partial charge in [0.2, 0.25) is 0 Å². The van der Waals surface area contributed by atoms with Gasteiger partial charge in [0.1, 0.15) is 11.4 Å². The van der Waals surface area contributed by atoms with Crippen LogP contribution >= 0.6 is 0 Å². The summed E-state index contributed by atoms with van der Waals surface area (Å²) in [6.45, 7) is 2.31. The molecule has 2 bridgehead atoms. The lowest BCUT2D eigenvalue weighted by molar-refractivity contribution is -0.0507. The number of hydrogen-bond acceptors (Lipinski definition) is 6. The van der Waals surface area contributed by atoms with E-state index in [0.29, 0.717) is 18.0 Å². The summed E-state index contributed by atoms with van der Waals surface area (Å²) in [5.74, 6) is -0.0357. The average Bonchev–Trinajstić information content (AvgIpc) is 3.36. The van der Waals surface area contributed by atoms with Crippen LogP contribution in [0.15, 0.2) is 53.8 Å². The molecule has 184 valence electrons. The molecule has 2 N–H and O–H groups in total. The van der Waals surface area contributed by atoms with Crippen molar-refractivity contribution in [3.8, 4) is 16.9 Å². The fourth-order valence-corrected chi connectivity index (χ4v) is 6.05. The first kappa shape index (κ1) is 22.9. The zero-order valence-electron chi connectivity index (χ0n) is 20.2. The highest BCUT2D eigenvalue weighted by Crippen LogP contribution is 2.59. The summed E-state index contributed by atoms with van der Waals surface area (Å²) < 4.78 is 31.7. The minimum atomic E-state index is -2.92. The number of aliphatic hydroxyl groups is 1. The Labute approximate surface area is 207 Å². The fraction of sp³-hybridized carbons (Fsp3) is 0.357. The standard InChI is InChI=1S/C28H26F2N4O2/c1-13-16-5-4-6-21(36-27(29)30)22(16)18-10-19(24(13)31)25-23(18)17-9-14(7-8-20(17)34-25)15-11-32-26(33-12-15)28(2,3)35/h4-9,11-13,18-19,23,27,31,35H,10H2,1-3H3/t13-,18-,19+,23?/m0/s1. The van der Waals surface area contributed by atoms with Gasteiger partial charge in [0.15, 0.2) is 5.82 Å². The van der Waals surface area contributed by atoms with Gasteiger partial charge in [0, 0.05) is 58.6 Å². The molecule has 1 aliphatic heterocycles. The molecule has 1 unspecified atom stereocenters. The molecule has 3 aromatic rings. The molecule has 4 atom stereocenters. The lowest BCUT2D eigenvalue weighted by atomic mass is 9.77. The summed E-state index contributed by atoms with van der Waals surface area (Å²) in [5, 5.41) is 19.1. The molecule has 6 rings (SSSR count). The number of aromatic nitrogens is 2. The number of ether oxygens (including phenoxy) is 1. The Hall–Kier alpha value is -3.52. The number of hydrogen-bond donors (Lipinski definition) is 2. The molecule has 0 amide bonds. The first-order chi connectivity index (χ1) is 17.1. The monoisotopic (exact) mass is 488 g/mol. The predicted molar refractivity (Wildman–Crippen MR) is 133 cm³/mol. The van der Waals surface area contributed by atoms with Gasteiger partial charge in [-0.15, -0.1) is 0 Å². The van der Waals surface area contributed by atoms with Crippen LogP contribution < -0.4 is 4.74 Å². The molecule has 1 fully saturated rings. The van der Waals surface area contributed by atoms with Gasteiger partial charge in [0.25, 0.3) is 0 Å². The Morgan fingerprint density at radius 1 is 1.08 bits per heavy atom. The van der Waals surface area contributed by atoms with Crippen molar-refractivity contribution >= 4 is 17.1 Å². The lowest BCUT2D eigenvalue weighted by Gasteiger charge is -2.27. The Morgan fingerprint density at radius 2 is 1.83 bits per heavy atom. The third-order valence-electron chi connectivity index (χ3n) is 7.71. The van der Waals surface area contributed by atoms with Crippen LogP contribution in [-0.4, -0.2) is 33.1 Å². The van der Waals surface area contributed by atoms with Crippen LogP contribution in [-0.2, 0) is 5.60 Å². The van der Waals surface area contributed by atoms with Crippen LogP contribution in [0, 0.1) is 11.3 Å². The summed E-state index contributed by atoms with van der Waals surface area (Å²) in [6.07, 6.45) is 4.03. The number of fused-ring (bicyclic) bond motifs is 9. The van der Waals surface area contributed by atoms with E-state index in [1.54, 1.807) is 38.4 Å². The van der Waals surface area contributed by atoms with Crippen molar-refractivity contribution < 1.29 is 18.6 Å². The molecular weight excluding hydrogens is 462 g/mol. The van der Waals surface area contributed by atoms with Gasteiger partial charge in [-0.05, 0) is 55.2 Å². The van der Waals surface area contributed by atoms with Gasteiger partial charge < -0.3 is 15.3 Å². The summed E-state index contributed by atoms with van der Waals surface area (Å²) in [6, 6.07) is 11.2. The molecular formula is C28H26F2N4O2. The maximum absolute atomic E-state index is 13.3. The summed E-state index contributed by atoms with van der Waals surface area (Å²) in [7, 11) is 0. The first-order valence-electron chi connectivity index (χ1n) is 12.1. The van der Waals surface area contributed by atoms with Crippen LogP contribution in [0.2, 0.25) is 0 Å². The lowest BCUT2D eigenvalue weighted by Crippen LogP contribution is -2.25. The second-order valence-corrected chi connectivity index (χ2v) is 10.4. The van der Waals surface area contributed by atoms with E-state index in [1.165, 1.54) is 0 Å². The number of aliphatic imine (C=N–C) groups is 1. The molecule has 1 saturated carbocycles. The quantitative estimate of drug-likeness (QED) is 0.465. The largest absolute Gasteiger partial charge is 0.435 e. The molecule has 8 heteroatoms. The number of nitrogens with zero attached hydrogens (tertiary/aromatic N) is 3. The molecule has 2 aliphatic carbocycles. The smallest absolute Gasteiger partial charge is 0.387 e. The van der Waals surface area contributed by atoms with Crippen LogP contribution in [0.1, 0.15) is 67.5 Å². The van der Waals surface area contributed by atoms with Gasteiger partial charge >= 0.3 is 6.61 Å². The Kier molecular flexibility index (Phi) is 5.09. The summed E-state index contributed by atoms with van der Waals surface area (Å²) in [4.78, 5) is 13.6. The van der Waals surface area contributed by atoms with E-state index in [2.05, 4.69) is 16.0 Å². The highest BCUT2D eigenvalue weighted by atomic mass is 19.3. The SMILES string of the molecule is C[C@@H]1C(=N)[C@H]2C[C@@H](c3c(OC(F)F)cccc31)C1C2=Nc2ccc(-c3cnc(C(C)(C)O)nc3)cc21. The number of benzene rings is 2. The van der Waals surface area contributed by atoms with E-state index >= 15 is 0 Å². The normalized spacial score (nSPS) is 24.2. The fourth-order valence-electron chi connectivity index (χ4n) is 6.05. The van der Waals surface area contributed by atoms with Crippen LogP contribution in [0.5, 0.6) is 5.75 Å². The van der Waals surface area contributed by atoms with E-state index in [1.807, 2.05) is 25.1 Å². The molecule has 6 nitrogen and oxygen atoms in total. The zero-order chi connectivity index (χ0) is 25.4. The minimum Gasteiger partial charge on any atom is -0.435 e. The van der Waals surface area contributed by atoms with Crippen molar-refractivity contribution in [2.75, 3.05) is 0 Å². The Balaban J connectivity index is 1.46. The molecule has 0 saturated heterocycles. The van der Waals surface area contributed by atoms with E-state index in [9.17, 15) is 13.9 Å². The van der Waals surface area contributed by atoms with Gasteiger partial charge in [-0.1, -0.05) is 25.1 Å². The van der Waals surface area contributed by atoms with Gasteiger partial charge in [-0.25, -0.2) is 9.97 Å². The summed E-state index contributed by atoms with van der Waals surface area (Å²) in [5.41, 5.74) is 5.60. The molecule has 1 aromatic heterocycles. The number of halogens is 2. The average molecular weight is 489 g/mol. The van der Waals surface area contributed by atoms with E-state index in [0.717, 1.165) is 39.2 Å². The Morgan fingerprint density at radius 3 is 2.53 bits per heavy atom. The third kappa shape index (κ3) is 3.46. The highest BCUT2D eigenvalue weighted by molar-refractivity contribution is 6.16. The zero-order valence-corrected chi connectivity index (χ0v) is 20.2. The Bertz CT molecular complexity index is 1410. The number of rotatable bonds is 4. The molecule has 0 spiro atoms. The second-order valence-electron chi connectivity index (χ2n) is 10.4. The topological polar surface area (TPSA) is 91.5 Å². The van der Waals surface area contributed by atoms with Crippen molar-refractivity contribution in [1.82, 2.24) is 9.97 Å². The van der Waals surface area contributed by atoms with Crippen molar-refractivity contribution in [1.29, 1.82) is 5.41 Å². The maximum Gasteiger partial charge on any atom is 0.387 e. The molecule has 36 heavy (non-hydrogen) atoms. The van der Waals surface area contributed by atoms with Gasteiger partial charge in [-0.3, -0.25) is 4.99 Å². The van der Waals surface area contributed by atoms with E-state index in [-0.39, 0.29) is 29.4 Å². The molecule has 3 aliphatic rings. The first-order valence-corrected chi connectivity index (χ1v) is 12.1. The van der Waals surface area contributed by atoms with Crippen molar-refractivity contribution in [3.05, 3.63) is 71.3 Å². The predicted octanol–water partition coefficient (Wildman–Crippen LogP) is 6.08. The van der Waals surface area contributed by atoms with Gasteiger partial charge in [0.05, 0.1) is 5.69 Å². The van der Waals surface area contributed by atoms with Crippen LogP contribution in [0.3, 0.4) is 0 Å². The van der Waals surface area contributed by atoms with E-state index < -0.39 is 12.2 Å². The number of alkyl halides is 2. The van der Waals surface area contributed by atoms with Crippen LogP contribution in [0.25, 0.3) is 11.1 Å². The molecule has 2 heterocycles. The maximum atomic E-state index is 13.3. The van der Waals surface area contributed by atoms with Crippen LogP contribution in [0.4, 0.5) is 14.5 Å². The molecule has 2 aromatic carbocycles. The summed E-state index contributed by atoms with van der Waals surface area (Å²) >= 11 is 0. The molecule has 0 radical (unpaired) electrons. The van der Waals surface area contributed by atoms with E-state index in [4.69, 9.17) is 15.1 Å². The third-order valence-corrected chi connectivity index (χ3v) is 7.71. The second kappa shape index (κ2) is 8.00. The van der Waals surface area contributed by atoms with Crippen molar-refractivity contribution in [2.45, 2.75) is 57.2 Å². The minimum absolute atomic E-state index is 0.115.